The van der Waals surface area contributed by atoms with Crippen LogP contribution in [0.3, 0.4) is 0 Å². The minimum Gasteiger partial charge on any atom is -0.376 e. The quantitative estimate of drug-likeness (QED) is 0.711. The predicted molar refractivity (Wildman–Crippen MR) is 77.3 cm³/mol. The summed E-state index contributed by atoms with van der Waals surface area (Å²) < 4.78 is 43.2. The molecule has 0 spiro atoms. The van der Waals surface area contributed by atoms with Crippen LogP contribution in [-0.2, 0) is 20.5 Å². The molecule has 1 aliphatic rings. The van der Waals surface area contributed by atoms with Crippen LogP contribution in [0.25, 0.3) is 0 Å². The van der Waals surface area contributed by atoms with E-state index in [2.05, 4.69) is 5.32 Å². The van der Waals surface area contributed by atoms with Crippen molar-refractivity contribution in [3.8, 4) is 0 Å². The number of aromatic nitrogens is 1. The summed E-state index contributed by atoms with van der Waals surface area (Å²) in [5, 5.41) is 4.28. The lowest BCUT2D eigenvalue weighted by Crippen LogP contribution is -2.46. The second-order valence-electron chi connectivity index (χ2n) is 5.40. The minimum atomic E-state index is -4.69. The maximum absolute atomic E-state index is 12.6. The Hall–Kier alpha value is -2.36. The number of nitrogens with one attached hydrogen (secondary N) is 3. The van der Waals surface area contributed by atoms with Crippen LogP contribution in [0.2, 0.25) is 0 Å². The SMILES string of the molecule is C[C@@H](NC(=O)C(=O)Nc1cc(C(F)(F)F)c[nH]c1=O)[C@H]1CCCO1. The first-order valence-corrected chi connectivity index (χ1v) is 7.22. The number of aromatic amines is 1. The van der Waals surface area contributed by atoms with Gasteiger partial charge in [-0.25, -0.2) is 0 Å². The van der Waals surface area contributed by atoms with Crippen LogP contribution >= 0.6 is 0 Å². The van der Waals surface area contributed by atoms with Crippen molar-refractivity contribution in [3.05, 3.63) is 28.2 Å². The third kappa shape index (κ3) is 4.34. The fourth-order valence-corrected chi connectivity index (χ4v) is 2.28. The van der Waals surface area contributed by atoms with Gasteiger partial charge in [0, 0.05) is 12.8 Å². The zero-order valence-electron chi connectivity index (χ0n) is 12.7. The van der Waals surface area contributed by atoms with Crippen LogP contribution in [0.1, 0.15) is 25.3 Å². The van der Waals surface area contributed by atoms with Gasteiger partial charge >= 0.3 is 18.0 Å². The van der Waals surface area contributed by atoms with Gasteiger partial charge in [-0.1, -0.05) is 0 Å². The van der Waals surface area contributed by atoms with Crippen LogP contribution in [0, 0.1) is 0 Å². The van der Waals surface area contributed by atoms with Crippen LogP contribution < -0.4 is 16.2 Å². The van der Waals surface area contributed by atoms with E-state index in [9.17, 15) is 27.6 Å². The van der Waals surface area contributed by atoms with Crippen LogP contribution in [0.4, 0.5) is 18.9 Å². The summed E-state index contributed by atoms with van der Waals surface area (Å²) in [6.07, 6.45) is -2.86. The highest BCUT2D eigenvalue weighted by Crippen LogP contribution is 2.29. The van der Waals surface area contributed by atoms with Crippen molar-refractivity contribution in [2.24, 2.45) is 0 Å². The molecule has 2 atom stereocenters. The van der Waals surface area contributed by atoms with Crippen LogP contribution in [-0.4, -0.2) is 35.6 Å². The molecule has 1 fully saturated rings. The van der Waals surface area contributed by atoms with Crippen molar-refractivity contribution in [2.75, 3.05) is 11.9 Å². The Morgan fingerprint density at radius 2 is 2.08 bits per heavy atom. The molecule has 0 aromatic carbocycles. The van der Waals surface area contributed by atoms with Gasteiger partial charge in [0.1, 0.15) is 5.69 Å². The zero-order valence-corrected chi connectivity index (χ0v) is 12.7. The normalized spacial score (nSPS) is 18.9. The van der Waals surface area contributed by atoms with Gasteiger partial charge in [0.15, 0.2) is 0 Å². The first-order valence-electron chi connectivity index (χ1n) is 7.22. The third-order valence-corrected chi connectivity index (χ3v) is 3.57. The van der Waals surface area contributed by atoms with Crippen molar-refractivity contribution in [2.45, 2.75) is 38.1 Å². The van der Waals surface area contributed by atoms with Crippen molar-refractivity contribution < 1.29 is 27.5 Å². The minimum absolute atomic E-state index is 0.223. The fourth-order valence-electron chi connectivity index (χ4n) is 2.28. The Kier molecular flexibility index (Phi) is 5.27. The van der Waals surface area contributed by atoms with Gasteiger partial charge in [-0.15, -0.1) is 0 Å². The Balaban J connectivity index is 2.03. The number of hydrogen-bond donors (Lipinski definition) is 3. The van der Waals surface area contributed by atoms with Gasteiger partial charge in [0.2, 0.25) is 0 Å². The number of carbonyl (C=O) groups is 2. The van der Waals surface area contributed by atoms with Gasteiger partial charge in [-0.3, -0.25) is 14.4 Å². The van der Waals surface area contributed by atoms with E-state index in [0.717, 1.165) is 12.8 Å². The molecule has 1 aromatic heterocycles. The van der Waals surface area contributed by atoms with Gasteiger partial charge in [0.05, 0.1) is 17.7 Å². The highest BCUT2D eigenvalue weighted by molar-refractivity contribution is 6.39. The maximum Gasteiger partial charge on any atom is 0.417 e. The van der Waals surface area contributed by atoms with E-state index in [0.29, 0.717) is 18.9 Å². The summed E-state index contributed by atoms with van der Waals surface area (Å²) in [5.74, 6) is -2.29. The van der Waals surface area contributed by atoms with E-state index < -0.39 is 40.8 Å². The van der Waals surface area contributed by atoms with Gasteiger partial charge in [0.25, 0.3) is 5.56 Å². The second kappa shape index (κ2) is 7.04. The average Bonchev–Trinajstić information content (AvgIpc) is 3.02. The topological polar surface area (TPSA) is 100 Å². The van der Waals surface area contributed by atoms with Crippen molar-refractivity contribution in [3.63, 3.8) is 0 Å². The Bertz CT molecular complexity index is 681. The molecule has 3 N–H and O–H groups in total. The van der Waals surface area contributed by atoms with Gasteiger partial charge in [-0.2, -0.15) is 13.2 Å². The van der Waals surface area contributed by atoms with Gasteiger partial charge < -0.3 is 20.4 Å². The van der Waals surface area contributed by atoms with E-state index in [1.54, 1.807) is 6.92 Å². The Morgan fingerprint density at radius 1 is 1.38 bits per heavy atom. The molecule has 2 rings (SSSR count). The Labute approximate surface area is 134 Å². The van der Waals surface area contributed by atoms with Crippen molar-refractivity contribution in [1.82, 2.24) is 10.3 Å². The third-order valence-electron chi connectivity index (χ3n) is 3.57. The van der Waals surface area contributed by atoms with E-state index >= 15 is 0 Å². The molecule has 2 amide bonds. The molecule has 2 heterocycles. The molecule has 0 unspecified atom stereocenters. The smallest absolute Gasteiger partial charge is 0.376 e. The second-order valence-corrected chi connectivity index (χ2v) is 5.40. The molecule has 24 heavy (non-hydrogen) atoms. The largest absolute Gasteiger partial charge is 0.417 e. The van der Waals surface area contributed by atoms with Gasteiger partial charge in [-0.05, 0) is 25.8 Å². The summed E-state index contributed by atoms with van der Waals surface area (Å²) in [7, 11) is 0. The predicted octanol–water partition coefficient (Wildman–Crippen LogP) is 1.02. The van der Waals surface area contributed by atoms with E-state index in [1.807, 2.05) is 10.3 Å². The van der Waals surface area contributed by atoms with Crippen molar-refractivity contribution in [1.29, 1.82) is 0 Å². The summed E-state index contributed by atoms with van der Waals surface area (Å²) in [5.41, 5.74) is -2.75. The molecule has 10 heteroatoms. The van der Waals surface area contributed by atoms with E-state index in [4.69, 9.17) is 4.74 Å². The standard InChI is InChI=1S/C14H16F3N3O4/c1-7(10-3-2-4-24-10)19-12(22)13(23)20-9-5-8(14(15,16)17)6-18-11(9)21/h5-7,10H,2-4H2,1H3,(H,18,21)(H,19,22)(H,20,23)/t7-,10-/m1/s1. The molecule has 1 saturated heterocycles. The van der Waals surface area contributed by atoms with E-state index in [1.165, 1.54) is 0 Å². The van der Waals surface area contributed by atoms with Crippen LogP contribution in [0.15, 0.2) is 17.1 Å². The first-order chi connectivity index (χ1) is 11.2. The summed E-state index contributed by atoms with van der Waals surface area (Å²) >= 11 is 0. The molecule has 0 aliphatic carbocycles. The number of alkyl halides is 3. The molecule has 7 nitrogen and oxygen atoms in total. The molecule has 0 saturated carbocycles. The number of hydrogen-bond acceptors (Lipinski definition) is 4. The summed E-state index contributed by atoms with van der Waals surface area (Å²) in [6, 6.07) is 0.0265. The fraction of sp³-hybridized carbons (Fsp3) is 0.500. The Morgan fingerprint density at radius 3 is 2.67 bits per heavy atom. The molecule has 1 aliphatic heterocycles. The summed E-state index contributed by atoms with van der Waals surface area (Å²) in [4.78, 5) is 36.9. The molecule has 0 radical (unpaired) electrons. The number of ether oxygens (including phenoxy) is 1. The summed E-state index contributed by atoms with van der Waals surface area (Å²) in [6.45, 7) is 2.22. The lowest BCUT2D eigenvalue weighted by Gasteiger charge is -2.19. The highest BCUT2D eigenvalue weighted by atomic mass is 19.4. The number of amides is 2. The number of anilines is 1. The molecular formula is C14H16F3N3O4. The molecule has 1 aromatic rings. The van der Waals surface area contributed by atoms with E-state index in [-0.39, 0.29) is 6.10 Å². The molecule has 0 bridgehead atoms. The number of H-pyrrole nitrogens is 1. The maximum atomic E-state index is 12.6. The molecular weight excluding hydrogens is 331 g/mol. The number of pyridine rings is 1. The number of rotatable bonds is 3. The number of carbonyl (C=O) groups excluding carboxylic acids is 2. The first kappa shape index (κ1) is 18.0. The highest BCUT2D eigenvalue weighted by Gasteiger charge is 2.32. The van der Waals surface area contributed by atoms with Crippen molar-refractivity contribution >= 4 is 17.5 Å². The number of halogens is 3. The lowest BCUT2D eigenvalue weighted by atomic mass is 10.1. The lowest BCUT2D eigenvalue weighted by molar-refractivity contribution is -0.138. The zero-order chi connectivity index (χ0) is 17.9. The average molecular weight is 347 g/mol. The molecule has 132 valence electrons. The van der Waals surface area contributed by atoms with Crippen LogP contribution in [0.5, 0.6) is 0 Å². The monoisotopic (exact) mass is 347 g/mol.